The van der Waals surface area contributed by atoms with Crippen molar-refractivity contribution < 1.29 is 4.79 Å². The third-order valence-electron chi connectivity index (χ3n) is 3.67. The Morgan fingerprint density at radius 2 is 1.91 bits per heavy atom. The normalized spacial score (nSPS) is 10.6. The Morgan fingerprint density at radius 3 is 2.52 bits per heavy atom. The zero-order valence-corrected chi connectivity index (χ0v) is 13.5. The maximum Gasteiger partial charge on any atom is 0.217 e. The van der Waals surface area contributed by atoms with Crippen LogP contribution in [0, 0.1) is 6.92 Å². The van der Waals surface area contributed by atoms with Gasteiger partial charge < -0.3 is 21.8 Å². The number of nitrogen functional groups attached to an aromatic ring is 1. The Labute approximate surface area is 135 Å². The molecule has 0 spiro atoms. The summed E-state index contributed by atoms with van der Waals surface area (Å²) >= 11 is 0. The van der Waals surface area contributed by atoms with E-state index in [2.05, 4.69) is 33.5 Å². The van der Waals surface area contributed by atoms with Crippen LogP contribution in [0.5, 0.6) is 0 Å². The lowest BCUT2D eigenvalue weighted by Crippen LogP contribution is -2.10. The molecule has 0 aliphatic carbocycles. The van der Waals surface area contributed by atoms with Gasteiger partial charge in [-0.05, 0) is 24.6 Å². The van der Waals surface area contributed by atoms with Gasteiger partial charge >= 0.3 is 0 Å². The molecule has 0 aliphatic heterocycles. The van der Waals surface area contributed by atoms with Crippen molar-refractivity contribution in [2.45, 2.75) is 26.8 Å². The fourth-order valence-electron chi connectivity index (χ4n) is 2.43. The number of amides is 1. The molecule has 23 heavy (non-hydrogen) atoms. The fraction of sp³-hybridized carbons (Fsp3) is 0.294. The van der Waals surface area contributed by atoms with Crippen molar-refractivity contribution >= 4 is 33.7 Å². The van der Waals surface area contributed by atoms with Gasteiger partial charge in [-0.1, -0.05) is 25.1 Å². The molecular formula is C17H23N5O. The molecule has 6 heteroatoms. The van der Waals surface area contributed by atoms with Gasteiger partial charge in [0.1, 0.15) is 11.5 Å². The zero-order chi connectivity index (χ0) is 17.0. The number of carbonyl (C=O) groups is 1. The summed E-state index contributed by atoms with van der Waals surface area (Å²) in [6.45, 7) is 5.04. The summed E-state index contributed by atoms with van der Waals surface area (Å²) in [5.74, 6) is 0.341. The molecule has 0 fully saturated rings. The Hall–Kier alpha value is -2.60. The number of anilines is 1. The van der Waals surface area contributed by atoms with Crippen LogP contribution in [0.15, 0.2) is 30.3 Å². The first kappa shape index (κ1) is 16.8. The molecule has 1 aromatic carbocycles. The number of benzene rings is 1. The maximum absolute atomic E-state index is 9.59. The number of para-hydroxylation sites is 1. The number of hydrogen-bond donors (Lipinski definition) is 3. The van der Waals surface area contributed by atoms with E-state index in [1.165, 1.54) is 5.39 Å². The van der Waals surface area contributed by atoms with Crippen LogP contribution in [-0.4, -0.2) is 22.0 Å². The third kappa shape index (κ3) is 3.43. The zero-order valence-electron chi connectivity index (χ0n) is 13.5. The summed E-state index contributed by atoms with van der Waals surface area (Å²) in [4.78, 5) is 14.1. The molecule has 1 amide bonds. The summed E-state index contributed by atoms with van der Waals surface area (Å²) in [7, 11) is 0. The largest absolute Gasteiger partial charge is 0.383 e. The molecule has 6 nitrogen and oxygen atoms in total. The first-order valence-electron chi connectivity index (χ1n) is 7.62. The molecule has 2 aromatic heterocycles. The average Bonchev–Trinajstić information content (AvgIpc) is 2.83. The number of pyridine rings is 1. The van der Waals surface area contributed by atoms with Crippen LogP contribution in [0.25, 0.3) is 21.9 Å². The fourth-order valence-corrected chi connectivity index (χ4v) is 2.43. The Bertz CT molecular complexity index is 838. The molecule has 0 aliphatic rings. The first-order chi connectivity index (χ1) is 11.0. The number of aromatic nitrogens is 2. The average molecular weight is 313 g/mol. The summed E-state index contributed by atoms with van der Waals surface area (Å²) in [5, 5.41) is 2.35. The van der Waals surface area contributed by atoms with E-state index in [4.69, 9.17) is 11.5 Å². The van der Waals surface area contributed by atoms with Crippen LogP contribution in [0.1, 0.15) is 18.9 Å². The minimum absolute atomic E-state index is 0.245. The molecule has 0 radical (unpaired) electrons. The van der Waals surface area contributed by atoms with Crippen molar-refractivity contribution in [1.29, 1.82) is 0 Å². The van der Waals surface area contributed by atoms with Crippen molar-refractivity contribution in [3.63, 3.8) is 0 Å². The van der Waals surface area contributed by atoms with Gasteiger partial charge in [0.15, 0.2) is 0 Å². The second kappa shape index (κ2) is 7.11. The van der Waals surface area contributed by atoms with Crippen LogP contribution < -0.4 is 17.2 Å². The summed E-state index contributed by atoms with van der Waals surface area (Å²) in [5.41, 5.74) is 19.4. The van der Waals surface area contributed by atoms with E-state index in [0.717, 1.165) is 28.7 Å². The molecule has 0 saturated carbocycles. The number of nitrogens with two attached hydrogens (primary N) is 3. The molecule has 2 heterocycles. The highest BCUT2D eigenvalue weighted by Gasteiger charge is 2.12. The maximum atomic E-state index is 9.59. The van der Waals surface area contributed by atoms with Gasteiger partial charge in [-0.15, -0.1) is 0 Å². The molecule has 0 bridgehead atoms. The minimum Gasteiger partial charge on any atom is -0.383 e. The lowest BCUT2D eigenvalue weighted by atomic mass is 10.1. The SMILES string of the molecule is CCC(N)=O.Cc1cc2c3ccccc3n(CCN)c2nc1N. The quantitative estimate of drug-likeness (QED) is 0.685. The predicted octanol–water partition coefficient (Wildman–Crippen LogP) is 1.92. The number of nitrogens with zero attached hydrogens (tertiary/aromatic N) is 2. The highest BCUT2D eigenvalue weighted by molar-refractivity contribution is 6.07. The van der Waals surface area contributed by atoms with Gasteiger partial charge in [0.25, 0.3) is 0 Å². The van der Waals surface area contributed by atoms with E-state index in [9.17, 15) is 4.79 Å². The number of rotatable bonds is 3. The summed E-state index contributed by atoms with van der Waals surface area (Å²) < 4.78 is 2.14. The van der Waals surface area contributed by atoms with Crippen LogP contribution >= 0.6 is 0 Å². The van der Waals surface area contributed by atoms with E-state index in [1.54, 1.807) is 6.92 Å². The van der Waals surface area contributed by atoms with Crippen molar-refractivity contribution in [2.75, 3.05) is 12.3 Å². The molecular weight excluding hydrogens is 290 g/mol. The Kier molecular flexibility index (Phi) is 5.18. The van der Waals surface area contributed by atoms with E-state index >= 15 is 0 Å². The molecule has 3 rings (SSSR count). The van der Waals surface area contributed by atoms with E-state index in [-0.39, 0.29) is 5.91 Å². The van der Waals surface area contributed by atoms with Crippen molar-refractivity contribution in [3.8, 4) is 0 Å². The van der Waals surface area contributed by atoms with Gasteiger partial charge in [0.05, 0.1) is 5.52 Å². The van der Waals surface area contributed by atoms with Crippen LogP contribution in [0.2, 0.25) is 0 Å². The molecule has 6 N–H and O–H groups in total. The van der Waals surface area contributed by atoms with E-state index < -0.39 is 0 Å². The Morgan fingerprint density at radius 1 is 1.26 bits per heavy atom. The number of hydrogen-bond acceptors (Lipinski definition) is 4. The lowest BCUT2D eigenvalue weighted by Gasteiger charge is -2.05. The van der Waals surface area contributed by atoms with E-state index in [0.29, 0.717) is 18.8 Å². The van der Waals surface area contributed by atoms with E-state index in [1.807, 2.05) is 19.1 Å². The standard InChI is InChI=1S/C14H16N4.C3H7NO/c1-9-8-11-10-4-2-3-5-12(10)18(7-6-15)14(11)17-13(9)16;1-2-3(4)5/h2-5,8H,6-7,15H2,1H3,(H2,16,17);2H2,1H3,(H2,4,5). The molecule has 0 unspecified atom stereocenters. The molecule has 3 aromatic rings. The first-order valence-corrected chi connectivity index (χ1v) is 7.62. The second-order valence-electron chi connectivity index (χ2n) is 5.34. The van der Waals surface area contributed by atoms with Crippen molar-refractivity contribution in [2.24, 2.45) is 11.5 Å². The smallest absolute Gasteiger partial charge is 0.217 e. The Balaban J connectivity index is 0.000000338. The van der Waals surface area contributed by atoms with Crippen molar-refractivity contribution in [1.82, 2.24) is 9.55 Å². The topological polar surface area (TPSA) is 113 Å². The van der Waals surface area contributed by atoms with Gasteiger partial charge in [-0.2, -0.15) is 0 Å². The predicted molar refractivity (Wildman–Crippen MR) is 94.9 cm³/mol. The van der Waals surface area contributed by atoms with Crippen molar-refractivity contribution in [3.05, 3.63) is 35.9 Å². The molecule has 0 atom stereocenters. The number of aryl methyl sites for hydroxylation is 1. The highest BCUT2D eigenvalue weighted by atomic mass is 16.1. The minimum atomic E-state index is -0.245. The highest BCUT2D eigenvalue weighted by Crippen LogP contribution is 2.29. The monoisotopic (exact) mass is 313 g/mol. The summed E-state index contributed by atoms with van der Waals surface area (Å²) in [6, 6.07) is 10.4. The number of fused-ring (bicyclic) bond motifs is 3. The summed E-state index contributed by atoms with van der Waals surface area (Å²) in [6.07, 6.45) is 0.444. The van der Waals surface area contributed by atoms with Crippen LogP contribution in [-0.2, 0) is 11.3 Å². The lowest BCUT2D eigenvalue weighted by molar-refractivity contribution is -0.117. The third-order valence-corrected chi connectivity index (χ3v) is 3.67. The number of primary amides is 1. The van der Waals surface area contributed by atoms with Gasteiger partial charge in [0, 0.05) is 30.3 Å². The van der Waals surface area contributed by atoms with Crippen LogP contribution in [0.4, 0.5) is 5.82 Å². The van der Waals surface area contributed by atoms with Gasteiger partial charge in [-0.3, -0.25) is 4.79 Å². The van der Waals surface area contributed by atoms with Gasteiger partial charge in [0.2, 0.25) is 5.91 Å². The second-order valence-corrected chi connectivity index (χ2v) is 5.34. The van der Waals surface area contributed by atoms with Crippen LogP contribution in [0.3, 0.4) is 0 Å². The number of carbonyl (C=O) groups excluding carboxylic acids is 1. The molecule has 0 saturated heterocycles. The van der Waals surface area contributed by atoms with Gasteiger partial charge in [-0.25, -0.2) is 4.98 Å². The molecule has 122 valence electrons.